The Bertz CT molecular complexity index is 1280. The monoisotopic (exact) mass is 575 g/mol. The Labute approximate surface area is 235 Å². The molecule has 2 heterocycles. The van der Waals surface area contributed by atoms with Gasteiger partial charge in [0.2, 0.25) is 10.0 Å². The number of benzene rings is 2. The van der Waals surface area contributed by atoms with Gasteiger partial charge in [-0.3, -0.25) is 9.69 Å². The van der Waals surface area contributed by atoms with Crippen LogP contribution < -0.4 is 0 Å². The number of hydrogen-bond donors (Lipinski definition) is 1. The van der Waals surface area contributed by atoms with Gasteiger partial charge in [-0.1, -0.05) is 25.0 Å². The lowest BCUT2D eigenvalue weighted by molar-refractivity contribution is -0.143. The molecule has 0 radical (unpaired) electrons. The topological polar surface area (TPSA) is 81.2 Å². The minimum atomic E-state index is -3.69. The molecule has 7 nitrogen and oxygen atoms in total. The van der Waals surface area contributed by atoms with Crippen LogP contribution in [0.5, 0.6) is 0 Å². The van der Waals surface area contributed by atoms with Crippen LogP contribution >= 0.6 is 0 Å². The largest absolute Gasteiger partial charge is 0.480 e. The SMILES string of the molecule is CN(CC1CCN(C[C@H]2CN([C@H](CC3CC3)C(=O)O)C[C@@H]2c2cccc(F)c2)CC1)S(=O)(=O)c1ccc(F)cc1. The van der Waals surface area contributed by atoms with Crippen LogP contribution in [0.4, 0.5) is 8.78 Å². The van der Waals surface area contributed by atoms with E-state index >= 15 is 0 Å². The minimum absolute atomic E-state index is 0.0569. The van der Waals surface area contributed by atoms with E-state index in [1.54, 1.807) is 19.2 Å². The third-order valence-electron chi connectivity index (χ3n) is 8.96. The first-order valence-electron chi connectivity index (χ1n) is 14.3. The summed E-state index contributed by atoms with van der Waals surface area (Å²) >= 11 is 0. The van der Waals surface area contributed by atoms with Gasteiger partial charge in [0.1, 0.15) is 17.7 Å². The van der Waals surface area contributed by atoms with E-state index in [2.05, 4.69) is 9.80 Å². The van der Waals surface area contributed by atoms with Crippen LogP contribution in [0.25, 0.3) is 0 Å². The zero-order chi connectivity index (χ0) is 28.4. The Kier molecular flexibility index (Phi) is 8.89. The number of halogens is 2. The Morgan fingerprint density at radius 1 is 1.00 bits per heavy atom. The molecule has 3 fully saturated rings. The van der Waals surface area contributed by atoms with Crippen molar-refractivity contribution in [2.45, 2.75) is 49.0 Å². The molecule has 0 unspecified atom stereocenters. The molecule has 1 aliphatic carbocycles. The lowest BCUT2D eigenvalue weighted by Gasteiger charge is -2.36. The van der Waals surface area contributed by atoms with Gasteiger partial charge in [-0.25, -0.2) is 21.5 Å². The third kappa shape index (κ3) is 6.90. The first-order chi connectivity index (χ1) is 19.1. The van der Waals surface area contributed by atoms with Crippen molar-refractivity contribution < 1.29 is 27.1 Å². The molecule has 2 aliphatic heterocycles. The highest BCUT2D eigenvalue weighted by atomic mass is 32.2. The molecule has 2 aromatic carbocycles. The third-order valence-corrected chi connectivity index (χ3v) is 10.8. The molecule has 2 aromatic rings. The van der Waals surface area contributed by atoms with Gasteiger partial charge in [-0.2, -0.15) is 0 Å². The first-order valence-corrected chi connectivity index (χ1v) is 15.7. The quantitative estimate of drug-likeness (QED) is 0.431. The standard InChI is InChI=1S/C30H39F2N3O4S/c1-33(40(38,39)27-9-7-25(31)8-10-27)17-22-11-13-34(14-12-22)18-24-19-35(29(30(36)37)15-21-5-6-21)20-28(24)23-3-2-4-26(32)16-23/h2-4,7-10,16,21-22,24,28-29H,5-6,11-15,17-20H2,1H3,(H,36,37)/t24-,28+,29+/m0/s1. The summed E-state index contributed by atoms with van der Waals surface area (Å²) in [5.41, 5.74) is 0.922. The number of carboxylic acid groups (broad SMARTS) is 1. The molecular formula is C30H39F2N3O4S. The zero-order valence-electron chi connectivity index (χ0n) is 23.0. The number of aliphatic carboxylic acids is 1. The zero-order valence-corrected chi connectivity index (χ0v) is 23.8. The molecule has 2 saturated heterocycles. The molecule has 0 amide bonds. The van der Waals surface area contributed by atoms with Gasteiger partial charge in [-0.05, 0) is 92.1 Å². The maximum absolute atomic E-state index is 14.1. The number of hydrogen-bond acceptors (Lipinski definition) is 5. The molecule has 0 spiro atoms. The Hall–Kier alpha value is -2.40. The summed E-state index contributed by atoms with van der Waals surface area (Å²) in [6.07, 6.45) is 4.58. The molecule has 3 atom stereocenters. The summed E-state index contributed by atoms with van der Waals surface area (Å²) in [5, 5.41) is 9.99. The fourth-order valence-electron chi connectivity index (χ4n) is 6.47. The van der Waals surface area contributed by atoms with Crippen LogP contribution in [0.3, 0.4) is 0 Å². The van der Waals surface area contributed by atoms with E-state index in [4.69, 9.17) is 0 Å². The number of carbonyl (C=O) groups is 1. The van der Waals surface area contributed by atoms with E-state index in [9.17, 15) is 27.1 Å². The predicted molar refractivity (Wildman–Crippen MR) is 148 cm³/mol. The van der Waals surface area contributed by atoms with Gasteiger partial charge in [0.15, 0.2) is 0 Å². The van der Waals surface area contributed by atoms with Crippen molar-refractivity contribution >= 4 is 16.0 Å². The van der Waals surface area contributed by atoms with Crippen molar-refractivity contribution in [3.63, 3.8) is 0 Å². The van der Waals surface area contributed by atoms with Gasteiger partial charge in [0.25, 0.3) is 0 Å². The van der Waals surface area contributed by atoms with Gasteiger partial charge < -0.3 is 10.0 Å². The second-order valence-corrected chi connectivity index (χ2v) is 13.9. The smallest absolute Gasteiger partial charge is 0.320 e. The summed E-state index contributed by atoms with van der Waals surface area (Å²) in [5.74, 6) is -0.570. The number of carboxylic acids is 1. The number of piperidine rings is 1. The fraction of sp³-hybridized carbons (Fsp3) is 0.567. The van der Waals surface area contributed by atoms with E-state index < -0.39 is 27.9 Å². The molecule has 218 valence electrons. The van der Waals surface area contributed by atoms with Crippen LogP contribution in [0.2, 0.25) is 0 Å². The van der Waals surface area contributed by atoms with Crippen molar-refractivity contribution in [3.8, 4) is 0 Å². The van der Waals surface area contributed by atoms with E-state index in [-0.39, 0.29) is 28.5 Å². The van der Waals surface area contributed by atoms with Crippen molar-refractivity contribution in [3.05, 3.63) is 65.7 Å². The highest BCUT2D eigenvalue weighted by Crippen LogP contribution is 2.39. The van der Waals surface area contributed by atoms with Crippen LogP contribution in [-0.2, 0) is 14.8 Å². The Balaban J connectivity index is 1.20. The van der Waals surface area contributed by atoms with Crippen LogP contribution in [0.1, 0.15) is 43.6 Å². The molecule has 0 aromatic heterocycles. The normalized spacial score (nSPS) is 24.0. The Morgan fingerprint density at radius 3 is 2.33 bits per heavy atom. The second kappa shape index (κ2) is 12.2. The lowest BCUT2D eigenvalue weighted by atomic mass is 9.87. The predicted octanol–water partition coefficient (Wildman–Crippen LogP) is 4.27. The molecule has 1 saturated carbocycles. The average Bonchev–Trinajstić information content (AvgIpc) is 3.66. The number of likely N-dealkylation sites (tertiary alicyclic amines) is 2. The number of sulfonamides is 1. The van der Waals surface area contributed by atoms with E-state index in [0.717, 1.165) is 63.0 Å². The molecule has 1 N–H and O–H groups in total. The van der Waals surface area contributed by atoms with E-state index in [1.165, 1.54) is 22.5 Å². The second-order valence-electron chi connectivity index (χ2n) is 11.9. The summed E-state index contributed by atoms with van der Waals surface area (Å²) < 4.78 is 54.6. The van der Waals surface area contributed by atoms with Gasteiger partial charge >= 0.3 is 5.97 Å². The molecular weight excluding hydrogens is 536 g/mol. The average molecular weight is 576 g/mol. The van der Waals surface area contributed by atoms with Crippen LogP contribution in [0, 0.1) is 29.4 Å². The fourth-order valence-corrected chi connectivity index (χ4v) is 7.71. The minimum Gasteiger partial charge on any atom is -0.480 e. The highest BCUT2D eigenvalue weighted by Gasteiger charge is 2.42. The number of rotatable bonds is 11. The molecule has 40 heavy (non-hydrogen) atoms. The first kappa shape index (κ1) is 29.1. The van der Waals surface area contributed by atoms with Crippen molar-refractivity contribution in [2.75, 3.05) is 46.3 Å². The summed E-state index contributed by atoms with van der Waals surface area (Å²) in [7, 11) is -2.11. The van der Waals surface area contributed by atoms with Crippen LogP contribution in [-0.4, -0.2) is 86.0 Å². The summed E-state index contributed by atoms with van der Waals surface area (Å²) in [4.78, 5) is 16.7. The van der Waals surface area contributed by atoms with E-state index in [0.29, 0.717) is 32.0 Å². The molecule has 10 heteroatoms. The van der Waals surface area contributed by atoms with Gasteiger partial charge in [0, 0.05) is 39.1 Å². The van der Waals surface area contributed by atoms with Crippen molar-refractivity contribution in [1.82, 2.24) is 14.1 Å². The Morgan fingerprint density at radius 2 is 1.70 bits per heavy atom. The maximum Gasteiger partial charge on any atom is 0.320 e. The maximum atomic E-state index is 14.1. The molecule has 5 rings (SSSR count). The molecule has 3 aliphatic rings. The number of nitrogens with zero attached hydrogens (tertiary/aromatic N) is 3. The summed E-state index contributed by atoms with van der Waals surface area (Å²) in [6.45, 7) is 4.13. The van der Waals surface area contributed by atoms with Gasteiger partial charge in [-0.15, -0.1) is 0 Å². The van der Waals surface area contributed by atoms with Gasteiger partial charge in [0.05, 0.1) is 4.90 Å². The van der Waals surface area contributed by atoms with E-state index in [1.807, 2.05) is 6.07 Å². The van der Waals surface area contributed by atoms with Crippen molar-refractivity contribution in [1.29, 1.82) is 0 Å². The molecule has 0 bridgehead atoms. The van der Waals surface area contributed by atoms with Crippen LogP contribution in [0.15, 0.2) is 53.4 Å². The highest BCUT2D eigenvalue weighted by molar-refractivity contribution is 7.89. The summed E-state index contributed by atoms with van der Waals surface area (Å²) in [6, 6.07) is 11.1. The van der Waals surface area contributed by atoms with Crippen molar-refractivity contribution in [2.24, 2.45) is 17.8 Å². The lowest BCUT2D eigenvalue weighted by Crippen LogP contribution is -2.43.